The Balaban J connectivity index is 1.60. The standard InChI is InChI=1S/C16H24N4O/c1-19-12-17-18-16(19)14-8-5-9-20(11-14)15(21)10-13-6-3-2-4-7-13/h3,6,12-14H,2,4-5,7-11H2,1H3/t13-,14-/m0/s1. The molecule has 114 valence electrons. The second-order valence-corrected chi connectivity index (χ2v) is 6.30. The lowest BCUT2D eigenvalue weighted by molar-refractivity contribution is -0.133. The van der Waals surface area contributed by atoms with Gasteiger partial charge >= 0.3 is 0 Å². The van der Waals surface area contributed by atoms with Crippen molar-refractivity contribution in [2.24, 2.45) is 13.0 Å². The van der Waals surface area contributed by atoms with Gasteiger partial charge in [-0.25, -0.2) is 0 Å². The third kappa shape index (κ3) is 3.34. The van der Waals surface area contributed by atoms with Crippen molar-refractivity contribution >= 4 is 5.91 Å². The minimum atomic E-state index is 0.304. The van der Waals surface area contributed by atoms with Gasteiger partial charge in [0.15, 0.2) is 0 Å². The Labute approximate surface area is 126 Å². The molecule has 3 rings (SSSR count). The largest absolute Gasteiger partial charge is 0.342 e. The molecule has 1 aliphatic carbocycles. The van der Waals surface area contributed by atoms with Gasteiger partial charge in [0.05, 0.1) is 0 Å². The van der Waals surface area contributed by atoms with Gasteiger partial charge in [-0.05, 0) is 38.0 Å². The normalized spacial score (nSPS) is 26.0. The number of aromatic nitrogens is 3. The van der Waals surface area contributed by atoms with Crippen molar-refractivity contribution in [1.29, 1.82) is 0 Å². The first-order valence-corrected chi connectivity index (χ1v) is 8.02. The highest BCUT2D eigenvalue weighted by molar-refractivity contribution is 5.76. The maximum atomic E-state index is 12.5. The summed E-state index contributed by atoms with van der Waals surface area (Å²) in [6, 6.07) is 0. The molecule has 1 aromatic rings. The number of likely N-dealkylation sites (tertiary alicyclic amines) is 1. The molecule has 0 aromatic carbocycles. The van der Waals surface area contributed by atoms with E-state index in [2.05, 4.69) is 22.3 Å². The molecular formula is C16H24N4O. The molecular weight excluding hydrogens is 264 g/mol. The van der Waals surface area contributed by atoms with E-state index in [1.165, 1.54) is 12.8 Å². The molecule has 0 spiro atoms. The highest BCUT2D eigenvalue weighted by atomic mass is 16.2. The second-order valence-electron chi connectivity index (χ2n) is 6.30. The zero-order valence-corrected chi connectivity index (χ0v) is 12.7. The number of piperidine rings is 1. The summed E-state index contributed by atoms with van der Waals surface area (Å²) in [5.41, 5.74) is 0. The molecule has 0 bridgehead atoms. The van der Waals surface area contributed by atoms with Gasteiger partial charge in [0.1, 0.15) is 12.2 Å². The summed E-state index contributed by atoms with van der Waals surface area (Å²) in [6.07, 6.45) is 12.6. The second kappa shape index (κ2) is 6.41. The Morgan fingerprint density at radius 3 is 3.00 bits per heavy atom. The predicted octanol–water partition coefficient (Wildman–Crippen LogP) is 2.27. The Hall–Kier alpha value is -1.65. The fourth-order valence-corrected chi connectivity index (χ4v) is 3.48. The molecule has 0 saturated carbocycles. The highest BCUT2D eigenvalue weighted by Gasteiger charge is 2.28. The smallest absolute Gasteiger partial charge is 0.223 e. The minimum Gasteiger partial charge on any atom is -0.342 e. The van der Waals surface area contributed by atoms with Gasteiger partial charge in [0, 0.05) is 32.5 Å². The lowest BCUT2D eigenvalue weighted by atomic mass is 9.91. The summed E-state index contributed by atoms with van der Waals surface area (Å²) >= 11 is 0. The van der Waals surface area contributed by atoms with Crippen molar-refractivity contribution in [3.05, 3.63) is 24.3 Å². The van der Waals surface area contributed by atoms with Gasteiger partial charge in [-0.1, -0.05) is 12.2 Å². The first-order valence-electron chi connectivity index (χ1n) is 8.02. The lowest BCUT2D eigenvalue weighted by Crippen LogP contribution is -2.40. The van der Waals surface area contributed by atoms with E-state index >= 15 is 0 Å². The molecule has 2 atom stereocenters. The lowest BCUT2D eigenvalue weighted by Gasteiger charge is -2.33. The van der Waals surface area contributed by atoms with E-state index in [4.69, 9.17) is 0 Å². The molecule has 0 radical (unpaired) electrons. The molecule has 21 heavy (non-hydrogen) atoms. The van der Waals surface area contributed by atoms with Crippen molar-refractivity contribution < 1.29 is 4.79 Å². The molecule has 1 aliphatic heterocycles. The van der Waals surface area contributed by atoms with Crippen LogP contribution in [0, 0.1) is 5.92 Å². The Morgan fingerprint density at radius 1 is 1.38 bits per heavy atom. The fraction of sp³-hybridized carbons (Fsp3) is 0.688. The quantitative estimate of drug-likeness (QED) is 0.802. The molecule has 5 nitrogen and oxygen atoms in total. The average Bonchev–Trinajstić information content (AvgIpc) is 2.94. The van der Waals surface area contributed by atoms with Crippen molar-refractivity contribution in [3.63, 3.8) is 0 Å². The number of rotatable bonds is 3. The molecule has 5 heteroatoms. The highest BCUT2D eigenvalue weighted by Crippen LogP contribution is 2.27. The third-order valence-electron chi connectivity index (χ3n) is 4.68. The summed E-state index contributed by atoms with van der Waals surface area (Å²) < 4.78 is 1.97. The number of carbonyl (C=O) groups is 1. The first kappa shape index (κ1) is 14.3. The van der Waals surface area contributed by atoms with Crippen LogP contribution in [0.5, 0.6) is 0 Å². The number of amides is 1. The summed E-state index contributed by atoms with van der Waals surface area (Å²) in [5.74, 6) is 2.09. The van der Waals surface area contributed by atoms with Crippen LogP contribution in [0.3, 0.4) is 0 Å². The molecule has 1 saturated heterocycles. The first-order chi connectivity index (χ1) is 10.2. The molecule has 1 amide bonds. The minimum absolute atomic E-state index is 0.304. The zero-order chi connectivity index (χ0) is 14.7. The van der Waals surface area contributed by atoms with E-state index in [0.29, 0.717) is 24.2 Å². The van der Waals surface area contributed by atoms with Crippen LogP contribution in [0.25, 0.3) is 0 Å². The SMILES string of the molecule is Cn1cnnc1[C@H]1CCCN(C(=O)C[C@H]2C=CCCC2)C1. The van der Waals surface area contributed by atoms with Gasteiger partial charge in [-0.2, -0.15) is 0 Å². The van der Waals surface area contributed by atoms with Crippen LogP contribution in [0.15, 0.2) is 18.5 Å². The maximum Gasteiger partial charge on any atom is 0.223 e. The van der Waals surface area contributed by atoms with E-state index in [1.807, 2.05) is 16.5 Å². The number of allylic oxidation sites excluding steroid dienone is 2. The van der Waals surface area contributed by atoms with Crippen molar-refractivity contribution in [2.45, 2.75) is 44.4 Å². The van der Waals surface area contributed by atoms with E-state index in [-0.39, 0.29) is 0 Å². The Bertz CT molecular complexity index is 522. The van der Waals surface area contributed by atoms with Gasteiger partial charge in [-0.15, -0.1) is 10.2 Å². The van der Waals surface area contributed by atoms with E-state index < -0.39 is 0 Å². The molecule has 2 aliphatic rings. The molecule has 1 fully saturated rings. The predicted molar refractivity (Wildman–Crippen MR) is 80.7 cm³/mol. The summed E-state index contributed by atoms with van der Waals surface area (Å²) in [7, 11) is 1.98. The summed E-state index contributed by atoms with van der Waals surface area (Å²) in [5, 5.41) is 8.17. The fourth-order valence-electron chi connectivity index (χ4n) is 3.48. The van der Waals surface area contributed by atoms with Gasteiger partial charge < -0.3 is 9.47 Å². The Kier molecular flexibility index (Phi) is 4.36. The summed E-state index contributed by atoms with van der Waals surface area (Å²) in [6.45, 7) is 1.69. The topological polar surface area (TPSA) is 51.0 Å². The van der Waals surface area contributed by atoms with Crippen LogP contribution < -0.4 is 0 Å². The van der Waals surface area contributed by atoms with Crippen LogP contribution in [0.1, 0.15) is 50.3 Å². The van der Waals surface area contributed by atoms with Crippen LogP contribution in [0.4, 0.5) is 0 Å². The van der Waals surface area contributed by atoms with Crippen LogP contribution in [0.2, 0.25) is 0 Å². The maximum absolute atomic E-state index is 12.5. The van der Waals surface area contributed by atoms with Crippen molar-refractivity contribution in [1.82, 2.24) is 19.7 Å². The van der Waals surface area contributed by atoms with Crippen LogP contribution >= 0.6 is 0 Å². The molecule has 0 unspecified atom stereocenters. The number of hydrogen-bond donors (Lipinski definition) is 0. The third-order valence-corrected chi connectivity index (χ3v) is 4.68. The van der Waals surface area contributed by atoms with E-state index in [0.717, 1.165) is 38.2 Å². The number of carbonyl (C=O) groups excluding carboxylic acids is 1. The van der Waals surface area contributed by atoms with Crippen molar-refractivity contribution in [3.8, 4) is 0 Å². The molecule has 1 aromatic heterocycles. The van der Waals surface area contributed by atoms with Crippen LogP contribution in [-0.4, -0.2) is 38.7 Å². The van der Waals surface area contributed by atoms with Gasteiger partial charge in [0.2, 0.25) is 5.91 Å². The molecule has 0 N–H and O–H groups in total. The number of aryl methyl sites for hydroxylation is 1. The average molecular weight is 288 g/mol. The molecule has 2 heterocycles. The number of nitrogens with zero attached hydrogens (tertiary/aromatic N) is 4. The monoisotopic (exact) mass is 288 g/mol. The Morgan fingerprint density at radius 2 is 2.29 bits per heavy atom. The van der Waals surface area contributed by atoms with Crippen LogP contribution in [-0.2, 0) is 11.8 Å². The van der Waals surface area contributed by atoms with E-state index in [1.54, 1.807) is 6.33 Å². The van der Waals surface area contributed by atoms with Crippen molar-refractivity contribution in [2.75, 3.05) is 13.1 Å². The summed E-state index contributed by atoms with van der Waals surface area (Å²) in [4.78, 5) is 14.5. The van der Waals surface area contributed by atoms with Gasteiger partial charge in [-0.3, -0.25) is 4.79 Å². The number of hydrogen-bond acceptors (Lipinski definition) is 3. The van der Waals surface area contributed by atoms with Gasteiger partial charge in [0.25, 0.3) is 0 Å². The zero-order valence-electron chi connectivity index (χ0n) is 12.7. The van der Waals surface area contributed by atoms with E-state index in [9.17, 15) is 4.79 Å².